The highest BCUT2D eigenvalue weighted by molar-refractivity contribution is 5.92. The van der Waals surface area contributed by atoms with Gasteiger partial charge in [-0.25, -0.2) is 9.97 Å². The van der Waals surface area contributed by atoms with E-state index in [1.165, 1.54) is 0 Å². The first kappa shape index (κ1) is 19.1. The van der Waals surface area contributed by atoms with Gasteiger partial charge in [-0.05, 0) is 42.3 Å². The standard InChI is InChI=1S/C24H19N3O3/c1-4-23-26-20-15-18(28-2)11-12-19(20)24(27-23)25-16-10-13-21(22(14-16)29-3)30-17-8-6-5-7-9-17/h1,5-15H,2-3H3,(H,25,26,27). The van der Waals surface area contributed by atoms with Crippen LogP contribution in [0.25, 0.3) is 10.9 Å². The van der Waals surface area contributed by atoms with Crippen LogP contribution in [0, 0.1) is 12.3 Å². The molecule has 0 atom stereocenters. The Kier molecular flexibility index (Phi) is 5.35. The second kappa shape index (κ2) is 8.41. The van der Waals surface area contributed by atoms with Crippen molar-refractivity contribution in [3.8, 4) is 35.3 Å². The molecule has 6 nitrogen and oxygen atoms in total. The van der Waals surface area contributed by atoms with E-state index in [0.717, 1.165) is 16.8 Å². The van der Waals surface area contributed by atoms with Crippen molar-refractivity contribution in [1.82, 2.24) is 9.97 Å². The van der Waals surface area contributed by atoms with Crippen LogP contribution in [0.4, 0.5) is 11.5 Å². The molecule has 1 N–H and O–H groups in total. The summed E-state index contributed by atoms with van der Waals surface area (Å²) in [5.41, 5.74) is 1.46. The van der Waals surface area contributed by atoms with Gasteiger partial charge in [0.1, 0.15) is 17.3 Å². The quantitative estimate of drug-likeness (QED) is 0.453. The lowest BCUT2D eigenvalue weighted by Gasteiger charge is -2.14. The Morgan fingerprint density at radius 3 is 2.40 bits per heavy atom. The van der Waals surface area contributed by atoms with Crippen molar-refractivity contribution >= 4 is 22.4 Å². The predicted molar refractivity (Wildman–Crippen MR) is 117 cm³/mol. The Balaban J connectivity index is 1.69. The summed E-state index contributed by atoms with van der Waals surface area (Å²) < 4.78 is 16.7. The molecule has 4 rings (SSSR count). The van der Waals surface area contributed by atoms with Crippen molar-refractivity contribution in [3.63, 3.8) is 0 Å². The summed E-state index contributed by atoms with van der Waals surface area (Å²) in [5, 5.41) is 4.12. The van der Waals surface area contributed by atoms with Gasteiger partial charge in [-0.3, -0.25) is 0 Å². The number of terminal acetylenes is 1. The molecule has 0 unspecified atom stereocenters. The number of fused-ring (bicyclic) bond motifs is 1. The maximum atomic E-state index is 5.92. The molecule has 4 aromatic rings. The second-order valence-electron chi connectivity index (χ2n) is 6.33. The number of aromatic nitrogens is 2. The number of para-hydroxylation sites is 1. The number of benzene rings is 3. The summed E-state index contributed by atoms with van der Waals surface area (Å²) >= 11 is 0. The van der Waals surface area contributed by atoms with E-state index in [0.29, 0.717) is 28.6 Å². The first-order chi connectivity index (χ1) is 14.7. The van der Waals surface area contributed by atoms with Gasteiger partial charge in [0.15, 0.2) is 11.5 Å². The molecule has 0 bridgehead atoms. The molecular formula is C24H19N3O3. The van der Waals surface area contributed by atoms with Crippen molar-refractivity contribution in [3.05, 3.63) is 72.6 Å². The van der Waals surface area contributed by atoms with Crippen LogP contribution in [0.1, 0.15) is 5.82 Å². The molecule has 0 spiro atoms. The van der Waals surface area contributed by atoms with E-state index >= 15 is 0 Å². The number of nitrogens with one attached hydrogen (secondary N) is 1. The van der Waals surface area contributed by atoms with Crippen LogP contribution in [0.5, 0.6) is 23.0 Å². The Morgan fingerprint density at radius 1 is 0.833 bits per heavy atom. The molecule has 1 aromatic heterocycles. The molecule has 0 aliphatic rings. The highest BCUT2D eigenvalue weighted by atomic mass is 16.5. The van der Waals surface area contributed by atoms with Gasteiger partial charge in [-0.2, -0.15) is 0 Å². The minimum atomic E-state index is 0.286. The van der Waals surface area contributed by atoms with Crippen LogP contribution in [0.15, 0.2) is 66.7 Å². The molecule has 0 amide bonds. The summed E-state index contributed by atoms with van der Waals surface area (Å²) in [6.07, 6.45) is 5.54. The number of rotatable bonds is 6. The fraction of sp³-hybridized carbons (Fsp3) is 0.0833. The minimum Gasteiger partial charge on any atom is -0.497 e. The van der Waals surface area contributed by atoms with Gasteiger partial charge in [-0.1, -0.05) is 18.2 Å². The molecule has 30 heavy (non-hydrogen) atoms. The molecule has 0 saturated heterocycles. The van der Waals surface area contributed by atoms with Crippen LogP contribution in [0.2, 0.25) is 0 Å². The lowest BCUT2D eigenvalue weighted by Crippen LogP contribution is -2.00. The zero-order chi connectivity index (χ0) is 20.9. The Morgan fingerprint density at radius 2 is 1.67 bits per heavy atom. The number of nitrogens with zero attached hydrogens (tertiary/aromatic N) is 2. The lowest BCUT2D eigenvalue weighted by atomic mass is 10.2. The predicted octanol–water partition coefficient (Wildman–Crippen LogP) is 5.16. The van der Waals surface area contributed by atoms with Crippen LogP contribution in [-0.2, 0) is 0 Å². The monoisotopic (exact) mass is 397 g/mol. The van der Waals surface area contributed by atoms with Gasteiger partial charge in [-0.15, -0.1) is 6.42 Å². The van der Waals surface area contributed by atoms with Crippen LogP contribution < -0.4 is 19.5 Å². The number of methoxy groups -OCH3 is 2. The second-order valence-corrected chi connectivity index (χ2v) is 6.33. The lowest BCUT2D eigenvalue weighted by molar-refractivity contribution is 0.379. The first-order valence-electron chi connectivity index (χ1n) is 9.20. The van der Waals surface area contributed by atoms with Gasteiger partial charge in [0.2, 0.25) is 5.82 Å². The Labute approximate surface area is 174 Å². The highest BCUT2D eigenvalue weighted by Gasteiger charge is 2.11. The highest BCUT2D eigenvalue weighted by Crippen LogP contribution is 2.35. The largest absolute Gasteiger partial charge is 0.497 e. The fourth-order valence-corrected chi connectivity index (χ4v) is 2.98. The normalized spacial score (nSPS) is 10.3. The van der Waals surface area contributed by atoms with Gasteiger partial charge in [0.05, 0.1) is 19.7 Å². The van der Waals surface area contributed by atoms with Crippen LogP contribution >= 0.6 is 0 Å². The first-order valence-corrected chi connectivity index (χ1v) is 9.20. The number of ether oxygens (including phenoxy) is 3. The third-order valence-electron chi connectivity index (χ3n) is 4.43. The summed E-state index contributed by atoms with van der Waals surface area (Å²) in [5.74, 6) is 5.99. The van der Waals surface area contributed by atoms with Crippen molar-refractivity contribution in [2.24, 2.45) is 0 Å². The van der Waals surface area contributed by atoms with Gasteiger partial charge in [0, 0.05) is 23.2 Å². The average Bonchev–Trinajstić information content (AvgIpc) is 2.80. The van der Waals surface area contributed by atoms with Crippen LogP contribution in [0.3, 0.4) is 0 Å². The van der Waals surface area contributed by atoms with Crippen molar-refractivity contribution in [2.75, 3.05) is 19.5 Å². The molecular weight excluding hydrogens is 378 g/mol. The maximum absolute atomic E-state index is 5.92. The van der Waals surface area contributed by atoms with E-state index in [9.17, 15) is 0 Å². The summed E-state index contributed by atoms with van der Waals surface area (Å²) in [6, 6.07) is 20.6. The van der Waals surface area contributed by atoms with E-state index in [1.807, 2.05) is 66.7 Å². The Bertz CT molecular complexity index is 1230. The molecule has 3 aromatic carbocycles. The summed E-state index contributed by atoms with van der Waals surface area (Å²) in [4.78, 5) is 8.83. The minimum absolute atomic E-state index is 0.286. The van der Waals surface area contributed by atoms with E-state index < -0.39 is 0 Å². The summed E-state index contributed by atoms with van der Waals surface area (Å²) in [7, 11) is 3.20. The molecule has 0 radical (unpaired) electrons. The van der Waals surface area contributed by atoms with E-state index in [1.54, 1.807) is 14.2 Å². The SMILES string of the molecule is C#Cc1nc(Nc2ccc(Oc3ccccc3)c(OC)c2)c2ccc(OC)cc2n1. The zero-order valence-corrected chi connectivity index (χ0v) is 16.5. The molecule has 0 aliphatic heterocycles. The van der Waals surface area contributed by atoms with Crippen molar-refractivity contribution in [1.29, 1.82) is 0 Å². The van der Waals surface area contributed by atoms with E-state index in [2.05, 4.69) is 21.2 Å². The smallest absolute Gasteiger partial charge is 0.207 e. The maximum Gasteiger partial charge on any atom is 0.207 e. The number of hydrogen-bond acceptors (Lipinski definition) is 6. The molecule has 0 fully saturated rings. The fourth-order valence-electron chi connectivity index (χ4n) is 2.98. The van der Waals surface area contributed by atoms with Crippen LogP contribution in [-0.4, -0.2) is 24.2 Å². The molecule has 0 aliphatic carbocycles. The average molecular weight is 397 g/mol. The molecule has 0 saturated carbocycles. The number of anilines is 2. The van der Waals surface area contributed by atoms with Gasteiger partial charge < -0.3 is 19.5 Å². The van der Waals surface area contributed by atoms with Crippen molar-refractivity contribution in [2.45, 2.75) is 0 Å². The third-order valence-corrected chi connectivity index (χ3v) is 4.43. The van der Waals surface area contributed by atoms with E-state index in [4.69, 9.17) is 20.6 Å². The third kappa shape index (κ3) is 3.96. The molecule has 148 valence electrons. The van der Waals surface area contributed by atoms with Gasteiger partial charge in [0.25, 0.3) is 0 Å². The number of hydrogen-bond donors (Lipinski definition) is 1. The molecule has 1 heterocycles. The zero-order valence-electron chi connectivity index (χ0n) is 16.5. The molecule has 6 heteroatoms. The summed E-state index contributed by atoms with van der Waals surface area (Å²) in [6.45, 7) is 0. The van der Waals surface area contributed by atoms with Gasteiger partial charge >= 0.3 is 0 Å². The van der Waals surface area contributed by atoms with Crippen molar-refractivity contribution < 1.29 is 14.2 Å². The van der Waals surface area contributed by atoms with E-state index in [-0.39, 0.29) is 5.82 Å². The topological polar surface area (TPSA) is 65.5 Å². The Hall–Kier alpha value is -4.24.